The van der Waals surface area contributed by atoms with Gasteiger partial charge in [-0.3, -0.25) is 9.48 Å². The number of carbonyl (C=O) groups is 1. The largest absolute Gasteiger partial charge is 0.416 e. The minimum atomic E-state index is -4.51. The first-order valence-electron chi connectivity index (χ1n) is 8.90. The second-order valence-corrected chi connectivity index (χ2v) is 7.45. The molecule has 1 amide bonds. The molecular weight excluding hydrogens is 379 g/mol. The van der Waals surface area contributed by atoms with E-state index in [1.165, 1.54) is 0 Å². The zero-order valence-electron chi connectivity index (χ0n) is 14.9. The molecule has 0 atom stereocenters. The molecule has 2 aromatic rings. The van der Waals surface area contributed by atoms with Crippen LogP contribution >= 0.6 is 11.6 Å². The standard InChI is InChI=1S/C19H21ClF3N3O/c1-12-8-9-24-26(12)11-13-2-5-15(6-3-13)25-18(27)16-10-14(19(21,22)23)4-7-17(16)20/h4,7-10,13,15H,2-3,5-6,11H2,1H3,(H,25,27)/t13-,15-. The van der Waals surface area contributed by atoms with E-state index in [1.54, 1.807) is 6.20 Å². The smallest absolute Gasteiger partial charge is 0.349 e. The highest BCUT2D eigenvalue weighted by atomic mass is 35.5. The Morgan fingerprint density at radius 1 is 1.26 bits per heavy atom. The number of aryl methyl sites for hydroxylation is 1. The fraction of sp³-hybridized carbons (Fsp3) is 0.474. The average molecular weight is 400 g/mol. The lowest BCUT2D eigenvalue weighted by atomic mass is 9.86. The maximum absolute atomic E-state index is 12.9. The molecule has 1 fully saturated rings. The van der Waals surface area contributed by atoms with Crippen molar-refractivity contribution in [2.75, 3.05) is 0 Å². The van der Waals surface area contributed by atoms with E-state index in [2.05, 4.69) is 10.4 Å². The Hall–Kier alpha value is -2.02. The number of amides is 1. The molecule has 1 aliphatic rings. The minimum Gasteiger partial charge on any atom is -0.349 e. The van der Waals surface area contributed by atoms with Gasteiger partial charge in [0.05, 0.1) is 16.1 Å². The topological polar surface area (TPSA) is 46.9 Å². The Bertz CT molecular complexity index is 811. The van der Waals surface area contributed by atoms with Gasteiger partial charge in [-0.25, -0.2) is 0 Å². The molecule has 1 aromatic heterocycles. The summed E-state index contributed by atoms with van der Waals surface area (Å²) in [6, 6.07) is 4.71. The molecule has 0 bridgehead atoms. The molecule has 4 nitrogen and oxygen atoms in total. The van der Waals surface area contributed by atoms with E-state index >= 15 is 0 Å². The summed E-state index contributed by atoms with van der Waals surface area (Å²) in [7, 11) is 0. The van der Waals surface area contributed by atoms with Gasteiger partial charge in [0.15, 0.2) is 0 Å². The summed E-state index contributed by atoms with van der Waals surface area (Å²) < 4.78 is 40.6. The summed E-state index contributed by atoms with van der Waals surface area (Å²) in [5, 5.41) is 7.14. The van der Waals surface area contributed by atoms with Gasteiger partial charge in [-0.05, 0) is 62.8 Å². The monoisotopic (exact) mass is 399 g/mol. The van der Waals surface area contributed by atoms with E-state index in [4.69, 9.17) is 11.6 Å². The number of aromatic nitrogens is 2. The number of rotatable bonds is 4. The van der Waals surface area contributed by atoms with Crippen LogP contribution in [0.1, 0.15) is 47.3 Å². The van der Waals surface area contributed by atoms with Gasteiger partial charge in [0.2, 0.25) is 0 Å². The SMILES string of the molecule is Cc1ccnn1C[C@H]1CC[C@H](NC(=O)c2cc(C(F)(F)F)ccc2Cl)CC1. The Morgan fingerprint density at radius 3 is 2.56 bits per heavy atom. The van der Waals surface area contributed by atoms with Gasteiger partial charge >= 0.3 is 6.18 Å². The van der Waals surface area contributed by atoms with Gasteiger partial charge in [0.25, 0.3) is 5.91 Å². The molecule has 1 heterocycles. The maximum atomic E-state index is 12.9. The summed E-state index contributed by atoms with van der Waals surface area (Å²) in [6.45, 7) is 2.86. The second-order valence-electron chi connectivity index (χ2n) is 7.04. The lowest BCUT2D eigenvalue weighted by molar-refractivity contribution is -0.137. The van der Waals surface area contributed by atoms with Crippen LogP contribution in [0.15, 0.2) is 30.5 Å². The number of halogens is 4. The molecule has 1 saturated carbocycles. The van der Waals surface area contributed by atoms with E-state index in [1.807, 2.05) is 17.7 Å². The van der Waals surface area contributed by atoms with E-state index in [9.17, 15) is 18.0 Å². The van der Waals surface area contributed by atoms with Gasteiger partial charge in [-0.15, -0.1) is 0 Å². The summed E-state index contributed by atoms with van der Waals surface area (Å²) in [5.74, 6) is -0.0774. The molecular formula is C19H21ClF3N3O. The first-order valence-corrected chi connectivity index (χ1v) is 9.28. The molecule has 1 aromatic carbocycles. The van der Waals surface area contributed by atoms with Crippen LogP contribution < -0.4 is 5.32 Å². The molecule has 8 heteroatoms. The first-order chi connectivity index (χ1) is 12.7. The zero-order chi connectivity index (χ0) is 19.6. The van der Waals surface area contributed by atoms with Crippen molar-refractivity contribution < 1.29 is 18.0 Å². The molecule has 27 heavy (non-hydrogen) atoms. The number of hydrogen-bond donors (Lipinski definition) is 1. The van der Waals surface area contributed by atoms with Crippen molar-refractivity contribution in [3.05, 3.63) is 52.3 Å². The second kappa shape index (κ2) is 7.92. The van der Waals surface area contributed by atoms with Crippen LogP contribution in [0.2, 0.25) is 5.02 Å². The van der Waals surface area contributed by atoms with Crippen molar-refractivity contribution >= 4 is 17.5 Å². The molecule has 0 spiro atoms. The lowest BCUT2D eigenvalue weighted by Crippen LogP contribution is -2.38. The molecule has 0 aliphatic heterocycles. The molecule has 1 aliphatic carbocycles. The van der Waals surface area contributed by atoms with E-state index in [0.717, 1.165) is 56.1 Å². The maximum Gasteiger partial charge on any atom is 0.416 e. The molecule has 146 valence electrons. The first kappa shape index (κ1) is 19.7. The highest BCUT2D eigenvalue weighted by Crippen LogP contribution is 2.32. The van der Waals surface area contributed by atoms with Crippen molar-refractivity contribution in [3.8, 4) is 0 Å². The predicted molar refractivity (Wildman–Crippen MR) is 96.6 cm³/mol. The summed E-state index contributed by atoms with van der Waals surface area (Å²) >= 11 is 5.94. The lowest BCUT2D eigenvalue weighted by Gasteiger charge is -2.29. The fourth-order valence-electron chi connectivity index (χ4n) is 3.46. The number of hydrogen-bond acceptors (Lipinski definition) is 2. The van der Waals surface area contributed by atoms with Crippen molar-refractivity contribution in [2.45, 2.75) is 51.4 Å². The Labute approximate surface area is 160 Å². The van der Waals surface area contributed by atoms with Crippen molar-refractivity contribution in [1.29, 1.82) is 0 Å². The van der Waals surface area contributed by atoms with Crippen LogP contribution in [0.3, 0.4) is 0 Å². The van der Waals surface area contributed by atoms with Crippen molar-refractivity contribution in [3.63, 3.8) is 0 Å². The highest BCUT2D eigenvalue weighted by molar-refractivity contribution is 6.33. The van der Waals surface area contributed by atoms with Crippen LogP contribution in [0.25, 0.3) is 0 Å². The number of alkyl halides is 3. The average Bonchev–Trinajstić information content (AvgIpc) is 3.00. The third-order valence-corrected chi connectivity index (χ3v) is 5.41. The third-order valence-electron chi connectivity index (χ3n) is 5.08. The predicted octanol–water partition coefficient (Wildman–Crippen LogP) is 4.85. The summed E-state index contributed by atoms with van der Waals surface area (Å²) in [6.07, 6.45) is 0.698. The van der Waals surface area contributed by atoms with Gasteiger partial charge in [0.1, 0.15) is 0 Å². The van der Waals surface area contributed by atoms with Crippen LogP contribution in [0, 0.1) is 12.8 Å². The van der Waals surface area contributed by atoms with Gasteiger partial charge in [-0.1, -0.05) is 11.6 Å². The Balaban J connectivity index is 1.57. The van der Waals surface area contributed by atoms with Crippen LogP contribution in [-0.2, 0) is 12.7 Å². The van der Waals surface area contributed by atoms with E-state index in [-0.39, 0.29) is 16.6 Å². The van der Waals surface area contributed by atoms with Gasteiger partial charge < -0.3 is 5.32 Å². The summed E-state index contributed by atoms with van der Waals surface area (Å²) in [5.41, 5.74) is 0.0979. The molecule has 0 unspecified atom stereocenters. The Morgan fingerprint density at radius 2 is 1.96 bits per heavy atom. The number of nitrogens with one attached hydrogen (secondary N) is 1. The highest BCUT2D eigenvalue weighted by Gasteiger charge is 2.32. The van der Waals surface area contributed by atoms with Crippen molar-refractivity contribution in [1.82, 2.24) is 15.1 Å². The number of benzene rings is 1. The van der Waals surface area contributed by atoms with E-state index < -0.39 is 17.6 Å². The van der Waals surface area contributed by atoms with Crippen molar-refractivity contribution in [2.24, 2.45) is 5.92 Å². The Kier molecular flexibility index (Phi) is 5.79. The summed E-state index contributed by atoms with van der Waals surface area (Å²) in [4.78, 5) is 12.4. The zero-order valence-corrected chi connectivity index (χ0v) is 15.6. The van der Waals surface area contributed by atoms with Crippen LogP contribution in [0.4, 0.5) is 13.2 Å². The third kappa shape index (κ3) is 4.83. The molecule has 0 saturated heterocycles. The number of nitrogens with zero attached hydrogens (tertiary/aromatic N) is 2. The van der Waals surface area contributed by atoms with Crippen LogP contribution in [-0.4, -0.2) is 21.7 Å². The van der Waals surface area contributed by atoms with Gasteiger partial charge in [-0.2, -0.15) is 18.3 Å². The van der Waals surface area contributed by atoms with Crippen LogP contribution in [0.5, 0.6) is 0 Å². The normalized spacial score (nSPS) is 20.5. The van der Waals surface area contributed by atoms with E-state index in [0.29, 0.717) is 5.92 Å². The molecule has 1 N–H and O–H groups in total. The quantitative estimate of drug-likeness (QED) is 0.798. The molecule has 0 radical (unpaired) electrons. The molecule has 3 rings (SSSR count). The minimum absolute atomic E-state index is 0.0170. The van der Waals surface area contributed by atoms with Gasteiger partial charge in [0, 0.05) is 24.5 Å². The number of carbonyl (C=O) groups excluding carboxylic acids is 1. The fourth-order valence-corrected chi connectivity index (χ4v) is 3.67.